The zero-order chi connectivity index (χ0) is 10.3. The van der Waals surface area contributed by atoms with Gasteiger partial charge in [0.2, 0.25) is 0 Å². The van der Waals surface area contributed by atoms with Crippen LogP contribution in [0.5, 0.6) is 0 Å². The van der Waals surface area contributed by atoms with Gasteiger partial charge < -0.3 is 9.88 Å². The van der Waals surface area contributed by atoms with Gasteiger partial charge in [0.25, 0.3) is 0 Å². The van der Waals surface area contributed by atoms with Crippen LogP contribution < -0.4 is 5.32 Å². The highest BCUT2D eigenvalue weighted by molar-refractivity contribution is 5.11. The van der Waals surface area contributed by atoms with E-state index in [0.717, 1.165) is 18.5 Å². The van der Waals surface area contributed by atoms with Crippen LogP contribution in [-0.2, 0) is 0 Å². The van der Waals surface area contributed by atoms with Crippen LogP contribution in [0.15, 0.2) is 12.5 Å². The van der Waals surface area contributed by atoms with Crippen molar-refractivity contribution in [2.24, 2.45) is 5.92 Å². The molecule has 15 heavy (non-hydrogen) atoms. The van der Waals surface area contributed by atoms with Crippen molar-refractivity contribution in [3.05, 3.63) is 18.2 Å². The predicted molar refractivity (Wildman–Crippen MR) is 59.6 cm³/mol. The molecule has 82 valence electrons. The minimum atomic E-state index is 0.561. The first-order valence-corrected chi connectivity index (χ1v) is 6.15. The Labute approximate surface area is 90.9 Å². The van der Waals surface area contributed by atoms with Gasteiger partial charge in [-0.1, -0.05) is 13.3 Å². The molecule has 2 fully saturated rings. The van der Waals surface area contributed by atoms with Crippen LogP contribution in [0.4, 0.5) is 0 Å². The third-order valence-electron chi connectivity index (χ3n) is 3.88. The van der Waals surface area contributed by atoms with Crippen molar-refractivity contribution in [2.45, 2.75) is 44.7 Å². The summed E-state index contributed by atoms with van der Waals surface area (Å²) in [6.07, 6.45) is 9.31. The monoisotopic (exact) mass is 205 g/mol. The number of imidazole rings is 1. The first-order valence-electron chi connectivity index (χ1n) is 6.15. The molecule has 1 aliphatic carbocycles. The van der Waals surface area contributed by atoms with Crippen molar-refractivity contribution in [3.63, 3.8) is 0 Å². The molecular formula is C12H19N3. The fourth-order valence-electron chi connectivity index (χ4n) is 2.81. The van der Waals surface area contributed by atoms with E-state index in [4.69, 9.17) is 0 Å². The molecule has 1 aliphatic heterocycles. The van der Waals surface area contributed by atoms with E-state index < -0.39 is 0 Å². The highest BCUT2D eigenvalue weighted by Gasteiger charge is 2.38. The average molecular weight is 205 g/mol. The lowest BCUT2D eigenvalue weighted by molar-refractivity contribution is 0.548. The first kappa shape index (κ1) is 9.40. The van der Waals surface area contributed by atoms with Crippen LogP contribution in [0, 0.1) is 5.92 Å². The summed E-state index contributed by atoms with van der Waals surface area (Å²) in [5.74, 6) is 0.902. The van der Waals surface area contributed by atoms with Crippen LogP contribution in [0.25, 0.3) is 0 Å². The van der Waals surface area contributed by atoms with Crippen molar-refractivity contribution in [2.75, 3.05) is 6.54 Å². The molecule has 0 aromatic carbocycles. The van der Waals surface area contributed by atoms with E-state index in [9.17, 15) is 0 Å². The van der Waals surface area contributed by atoms with E-state index in [-0.39, 0.29) is 0 Å². The van der Waals surface area contributed by atoms with E-state index in [2.05, 4.69) is 21.8 Å². The summed E-state index contributed by atoms with van der Waals surface area (Å²) in [6.45, 7) is 3.45. The summed E-state index contributed by atoms with van der Waals surface area (Å²) in [5, 5.41) is 3.55. The Morgan fingerprint density at radius 3 is 3.20 bits per heavy atom. The Hall–Kier alpha value is -0.830. The molecular weight excluding hydrogens is 186 g/mol. The number of aromatic nitrogens is 2. The Morgan fingerprint density at radius 1 is 1.60 bits per heavy atom. The summed E-state index contributed by atoms with van der Waals surface area (Å²) < 4.78 is 2.41. The summed E-state index contributed by atoms with van der Waals surface area (Å²) >= 11 is 0. The van der Waals surface area contributed by atoms with Crippen LogP contribution in [0.2, 0.25) is 0 Å². The normalized spacial score (nSPS) is 34.6. The van der Waals surface area contributed by atoms with Crippen LogP contribution in [0.3, 0.4) is 0 Å². The lowest BCUT2D eigenvalue weighted by Gasteiger charge is -2.13. The van der Waals surface area contributed by atoms with Gasteiger partial charge in [-0.15, -0.1) is 0 Å². The first-order chi connectivity index (χ1) is 7.40. The molecule has 3 rings (SSSR count). The highest BCUT2D eigenvalue weighted by Crippen LogP contribution is 2.46. The number of hydrogen-bond acceptors (Lipinski definition) is 2. The minimum Gasteiger partial charge on any atom is -0.330 e. The van der Waals surface area contributed by atoms with Crippen molar-refractivity contribution >= 4 is 0 Å². The summed E-state index contributed by atoms with van der Waals surface area (Å²) in [6, 6.07) is 1.31. The van der Waals surface area contributed by atoms with Crippen LogP contribution >= 0.6 is 0 Å². The van der Waals surface area contributed by atoms with E-state index in [1.54, 1.807) is 0 Å². The highest BCUT2D eigenvalue weighted by atomic mass is 15.1. The van der Waals surface area contributed by atoms with Gasteiger partial charge >= 0.3 is 0 Å². The fraction of sp³-hybridized carbons (Fsp3) is 0.750. The molecule has 2 heterocycles. The Bertz CT molecular complexity index is 338. The maximum absolute atomic E-state index is 4.32. The van der Waals surface area contributed by atoms with Gasteiger partial charge in [0.05, 0.1) is 12.0 Å². The van der Waals surface area contributed by atoms with Gasteiger partial charge in [-0.25, -0.2) is 4.98 Å². The van der Waals surface area contributed by atoms with Crippen molar-refractivity contribution < 1.29 is 0 Å². The number of rotatable bonds is 3. The summed E-state index contributed by atoms with van der Waals surface area (Å²) in [4.78, 5) is 4.32. The smallest absolute Gasteiger partial charge is 0.0951 e. The Morgan fingerprint density at radius 2 is 2.53 bits per heavy atom. The molecule has 1 aromatic heterocycles. The molecule has 1 saturated carbocycles. The van der Waals surface area contributed by atoms with Gasteiger partial charge in [-0.2, -0.15) is 0 Å². The van der Waals surface area contributed by atoms with Gasteiger partial charge in [0.15, 0.2) is 0 Å². The topological polar surface area (TPSA) is 29.9 Å². The van der Waals surface area contributed by atoms with Crippen molar-refractivity contribution in [3.8, 4) is 0 Å². The standard InChI is InChI=1S/C12H19N3/c1-2-9-6-11(9)15-8-13-7-12(15)10-4-3-5-14-10/h7-11,14H,2-6H2,1H3/t9?,10-,11?/m0/s1. The number of nitrogens with one attached hydrogen (secondary N) is 1. The number of hydrogen-bond donors (Lipinski definition) is 1. The van der Waals surface area contributed by atoms with Gasteiger partial charge in [0, 0.05) is 18.3 Å². The van der Waals surface area contributed by atoms with E-state index in [0.29, 0.717) is 6.04 Å². The molecule has 3 nitrogen and oxygen atoms in total. The molecule has 2 unspecified atom stereocenters. The molecule has 2 aliphatic rings. The lowest BCUT2D eigenvalue weighted by atomic mass is 10.1. The average Bonchev–Trinajstić information content (AvgIpc) is 2.73. The zero-order valence-electron chi connectivity index (χ0n) is 9.32. The molecule has 0 amide bonds. The third kappa shape index (κ3) is 1.59. The molecule has 3 heteroatoms. The SMILES string of the molecule is CCC1CC1n1cncc1[C@@H]1CCCN1. The van der Waals surface area contributed by atoms with Gasteiger partial charge in [0.1, 0.15) is 0 Å². The Kier molecular flexibility index (Phi) is 2.28. The molecule has 3 atom stereocenters. The number of nitrogens with zero attached hydrogens (tertiary/aromatic N) is 2. The van der Waals surface area contributed by atoms with Crippen molar-refractivity contribution in [1.82, 2.24) is 14.9 Å². The second-order valence-electron chi connectivity index (χ2n) is 4.85. The molecule has 1 aromatic rings. The minimum absolute atomic E-state index is 0.561. The van der Waals surface area contributed by atoms with Crippen molar-refractivity contribution in [1.29, 1.82) is 0 Å². The van der Waals surface area contributed by atoms with Gasteiger partial charge in [-0.3, -0.25) is 0 Å². The van der Waals surface area contributed by atoms with Crippen LogP contribution in [-0.4, -0.2) is 16.1 Å². The molecule has 0 spiro atoms. The predicted octanol–water partition coefficient (Wildman–Crippen LogP) is 2.28. The second-order valence-corrected chi connectivity index (χ2v) is 4.85. The zero-order valence-corrected chi connectivity index (χ0v) is 9.32. The maximum Gasteiger partial charge on any atom is 0.0951 e. The summed E-state index contributed by atoms with van der Waals surface area (Å²) in [5.41, 5.74) is 1.41. The maximum atomic E-state index is 4.32. The molecule has 0 bridgehead atoms. The van der Waals surface area contributed by atoms with E-state index in [1.807, 2.05) is 12.5 Å². The van der Waals surface area contributed by atoms with Gasteiger partial charge in [-0.05, 0) is 31.7 Å². The largest absolute Gasteiger partial charge is 0.330 e. The molecule has 0 radical (unpaired) electrons. The quantitative estimate of drug-likeness (QED) is 0.820. The second kappa shape index (κ2) is 3.63. The summed E-state index contributed by atoms with van der Waals surface area (Å²) in [7, 11) is 0. The fourth-order valence-corrected chi connectivity index (χ4v) is 2.81. The molecule has 1 N–H and O–H groups in total. The Balaban J connectivity index is 1.80. The third-order valence-corrected chi connectivity index (χ3v) is 3.88. The molecule has 1 saturated heterocycles. The van der Waals surface area contributed by atoms with E-state index in [1.165, 1.54) is 31.4 Å². The van der Waals surface area contributed by atoms with Crippen LogP contribution in [0.1, 0.15) is 50.4 Å². The van der Waals surface area contributed by atoms with E-state index >= 15 is 0 Å². The lowest BCUT2D eigenvalue weighted by Crippen LogP contribution is -2.16.